The molecule has 5 nitrogen and oxygen atoms in total. The molecule has 0 saturated heterocycles. The first kappa shape index (κ1) is 8.80. The molecule has 0 saturated carbocycles. The Bertz CT molecular complexity index is 414. The SMILES string of the molecule is CCn1cc(Cn2ccnc2N)cn1. The third-order valence-electron chi connectivity index (χ3n) is 2.11. The molecule has 0 aliphatic carbocycles. The van der Waals surface area contributed by atoms with Gasteiger partial charge < -0.3 is 10.3 Å². The summed E-state index contributed by atoms with van der Waals surface area (Å²) in [5.74, 6) is 0.536. The van der Waals surface area contributed by atoms with Crippen molar-refractivity contribution in [3.63, 3.8) is 0 Å². The highest BCUT2D eigenvalue weighted by Crippen LogP contribution is 2.05. The highest BCUT2D eigenvalue weighted by Gasteiger charge is 2.01. The van der Waals surface area contributed by atoms with Gasteiger partial charge in [0.15, 0.2) is 5.95 Å². The molecule has 0 radical (unpaired) electrons. The largest absolute Gasteiger partial charge is 0.369 e. The lowest BCUT2D eigenvalue weighted by Gasteiger charge is -2.00. The Morgan fingerprint density at radius 3 is 2.93 bits per heavy atom. The normalized spacial score (nSPS) is 10.6. The van der Waals surface area contributed by atoms with Crippen LogP contribution in [-0.4, -0.2) is 19.3 Å². The Labute approximate surface area is 82.2 Å². The van der Waals surface area contributed by atoms with Crippen LogP contribution in [0.3, 0.4) is 0 Å². The van der Waals surface area contributed by atoms with E-state index >= 15 is 0 Å². The number of aromatic nitrogens is 4. The summed E-state index contributed by atoms with van der Waals surface area (Å²) in [4.78, 5) is 3.95. The first-order valence-electron chi connectivity index (χ1n) is 4.57. The van der Waals surface area contributed by atoms with Crippen LogP contribution in [0.2, 0.25) is 0 Å². The van der Waals surface area contributed by atoms with E-state index in [2.05, 4.69) is 17.0 Å². The van der Waals surface area contributed by atoms with Crippen LogP contribution in [0.15, 0.2) is 24.8 Å². The summed E-state index contributed by atoms with van der Waals surface area (Å²) in [5.41, 5.74) is 6.79. The number of anilines is 1. The summed E-state index contributed by atoms with van der Waals surface area (Å²) in [6.45, 7) is 3.67. The van der Waals surface area contributed by atoms with Gasteiger partial charge in [-0.25, -0.2) is 4.98 Å². The smallest absolute Gasteiger partial charge is 0.200 e. The molecule has 2 heterocycles. The molecule has 14 heavy (non-hydrogen) atoms. The second-order valence-corrected chi connectivity index (χ2v) is 3.12. The van der Waals surface area contributed by atoms with E-state index in [1.807, 2.05) is 27.8 Å². The zero-order valence-corrected chi connectivity index (χ0v) is 8.09. The number of imidazole rings is 1. The van der Waals surface area contributed by atoms with Crippen molar-refractivity contribution in [3.8, 4) is 0 Å². The van der Waals surface area contributed by atoms with Gasteiger partial charge in [0.05, 0.1) is 12.7 Å². The fraction of sp³-hybridized carbons (Fsp3) is 0.333. The van der Waals surface area contributed by atoms with E-state index in [0.717, 1.165) is 18.7 Å². The summed E-state index contributed by atoms with van der Waals surface area (Å²) in [6, 6.07) is 0. The minimum Gasteiger partial charge on any atom is -0.369 e. The van der Waals surface area contributed by atoms with Gasteiger partial charge in [0.2, 0.25) is 0 Å². The summed E-state index contributed by atoms with van der Waals surface area (Å²) in [6.07, 6.45) is 7.42. The molecule has 0 aromatic carbocycles. The fourth-order valence-corrected chi connectivity index (χ4v) is 1.33. The van der Waals surface area contributed by atoms with Crippen LogP contribution in [-0.2, 0) is 13.1 Å². The molecular weight excluding hydrogens is 178 g/mol. The van der Waals surface area contributed by atoms with Crippen LogP contribution in [0.1, 0.15) is 12.5 Å². The third-order valence-corrected chi connectivity index (χ3v) is 2.11. The Kier molecular flexibility index (Phi) is 2.22. The Morgan fingerprint density at radius 2 is 2.36 bits per heavy atom. The molecule has 0 unspecified atom stereocenters. The molecule has 0 fully saturated rings. The zero-order valence-electron chi connectivity index (χ0n) is 8.09. The second kappa shape index (κ2) is 3.53. The molecule has 2 rings (SSSR count). The maximum Gasteiger partial charge on any atom is 0.200 e. The van der Waals surface area contributed by atoms with Gasteiger partial charge in [-0.2, -0.15) is 5.10 Å². The molecular formula is C9H13N5. The molecule has 0 atom stereocenters. The van der Waals surface area contributed by atoms with Crippen molar-refractivity contribution in [3.05, 3.63) is 30.4 Å². The highest BCUT2D eigenvalue weighted by molar-refractivity contribution is 5.19. The standard InChI is InChI=1S/C9H13N5/c1-2-14-7-8(5-12-14)6-13-4-3-11-9(13)10/h3-5,7H,2,6H2,1H3,(H2,10,11). The second-order valence-electron chi connectivity index (χ2n) is 3.12. The summed E-state index contributed by atoms with van der Waals surface area (Å²) >= 11 is 0. The van der Waals surface area contributed by atoms with Gasteiger partial charge in [0.25, 0.3) is 0 Å². The van der Waals surface area contributed by atoms with Gasteiger partial charge in [0, 0.05) is 30.7 Å². The summed E-state index contributed by atoms with van der Waals surface area (Å²) < 4.78 is 3.78. The van der Waals surface area contributed by atoms with E-state index in [1.165, 1.54) is 0 Å². The zero-order chi connectivity index (χ0) is 9.97. The first-order chi connectivity index (χ1) is 6.79. The Balaban J connectivity index is 2.15. The maximum atomic E-state index is 5.65. The predicted molar refractivity (Wildman–Crippen MR) is 53.6 cm³/mol. The van der Waals surface area contributed by atoms with Crippen LogP contribution in [0, 0.1) is 0 Å². The summed E-state index contributed by atoms with van der Waals surface area (Å²) in [5, 5.41) is 4.19. The average Bonchev–Trinajstić information content (AvgIpc) is 2.77. The topological polar surface area (TPSA) is 61.7 Å². The first-order valence-corrected chi connectivity index (χ1v) is 4.57. The molecule has 0 aliphatic rings. The quantitative estimate of drug-likeness (QED) is 0.778. The number of nitrogens with zero attached hydrogens (tertiary/aromatic N) is 4. The molecule has 2 N–H and O–H groups in total. The molecule has 2 aromatic rings. The molecule has 0 bridgehead atoms. The third kappa shape index (κ3) is 1.61. The predicted octanol–water partition coefficient (Wildman–Crippen LogP) is 0.730. The Hall–Kier alpha value is -1.78. The lowest BCUT2D eigenvalue weighted by Crippen LogP contribution is -2.02. The van der Waals surface area contributed by atoms with Crippen molar-refractivity contribution in [2.45, 2.75) is 20.0 Å². The van der Waals surface area contributed by atoms with Crippen molar-refractivity contribution < 1.29 is 0 Å². The monoisotopic (exact) mass is 191 g/mol. The van der Waals surface area contributed by atoms with Crippen molar-refractivity contribution in [2.24, 2.45) is 0 Å². The highest BCUT2D eigenvalue weighted by atomic mass is 15.3. The van der Waals surface area contributed by atoms with Crippen LogP contribution in [0.4, 0.5) is 5.95 Å². The van der Waals surface area contributed by atoms with E-state index in [0.29, 0.717) is 5.95 Å². The van der Waals surface area contributed by atoms with Gasteiger partial charge in [-0.05, 0) is 6.92 Å². The number of nitrogen functional groups attached to an aromatic ring is 1. The van der Waals surface area contributed by atoms with E-state index in [-0.39, 0.29) is 0 Å². The average molecular weight is 191 g/mol. The molecule has 2 aromatic heterocycles. The number of hydrogen-bond donors (Lipinski definition) is 1. The molecule has 5 heteroatoms. The van der Waals surface area contributed by atoms with Gasteiger partial charge in [-0.3, -0.25) is 4.68 Å². The van der Waals surface area contributed by atoms with Crippen molar-refractivity contribution in [2.75, 3.05) is 5.73 Å². The number of hydrogen-bond acceptors (Lipinski definition) is 3. The fourth-order valence-electron chi connectivity index (χ4n) is 1.33. The number of aryl methyl sites for hydroxylation is 1. The van der Waals surface area contributed by atoms with Crippen LogP contribution < -0.4 is 5.73 Å². The molecule has 0 aliphatic heterocycles. The molecule has 0 spiro atoms. The lowest BCUT2D eigenvalue weighted by atomic mass is 10.3. The minimum absolute atomic E-state index is 0.536. The summed E-state index contributed by atoms with van der Waals surface area (Å²) in [7, 11) is 0. The van der Waals surface area contributed by atoms with Crippen molar-refractivity contribution in [1.29, 1.82) is 0 Å². The van der Waals surface area contributed by atoms with E-state index in [4.69, 9.17) is 5.73 Å². The van der Waals surface area contributed by atoms with Gasteiger partial charge in [0.1, 0.15) is 0 Å². The van der Waals surface area contributed by atoms with Crippen LogP contribution in [0.5, 0.6) is 0 Å². The van der Waals surface area contributed by atoms with E-state index < -0.39 is 0 Å². The van der Waals surface area contributed by atoms with Crippen LogP contribution >= 0.6 is 0 Å². The Morgan fingerprint density at radius 1 is 1.50 bits per heavy atom. The van der Waals surface area contributed by atoms with Gasteiger partial charge in [-0.1, -0.05) is 0 Å². The van der Waals surface area contributed by atoms with Gasteiger partial charge >= 0.3 is 0 Å². The molecule has 74 valence electrons. The minimum atomic E-state index is 0.536. The molecule has 0 amide bonds. The van der Waals surface area contributed by atoms with Crippen LogP contribution in [0.25, 0.3) is 0 Å². The maximum absolute atomic E-state index is 5.65. The van der Waals surface area contributed by atoms with Gasteiger partial charge in [-0.15, -0.1) is 0 Å². The van der Waals surface area contributed by atoms with Crippen molar-refractivity contribution >= 4 is 5.95 Å². The van der Waals surface area contributed by atoms with E-state index in [1.54, 1.807) is 6.20 Å². The number of nitrogens with two attached hydrogens (primary N) is 1. The lowest BCUT2D eigenvalue weighted by molar-refractivity contribution is 0.658. The van der Waals surface area contributed by atoms with Crippen molar-refractivity contribution in [1.82, 2.24) is 19.3 Å². The van der Waals surface area contributed by atoms with E-state index in [9.17, 15) is 0 Å². The number of rotatable bonds is 3.